The Balaban J connectivity index is 1.84. The van der Waals surface area contributed by atoms with Crippen molar-refractivity contribution in [2.24, 2.45) is 0 Å². The molecular formula is C26H30N2O3. The molecule has 0 radical (unpaired) electrons. The normalized spacial score (nSPS) is 16.0. The number of carbonyl (C=O) groups is 1. The first kappa shape index (κ1) is 21.3. The molecule has 1 aromatic heterocycles. The molecule has 0 saturated heterocycles. The van der Waals surface area contributed by atoms with Gasteiger partial charge in [0.1, 0.15) is 5.58 Å². The van der Waals surface area contributed by atoms with E-state index in [1.807, 2.05) is 24.3 Å². The molecule has 0 aliphatic carbocycles. The maximum Gasteiger partial charge on any atom is 0.290 e. The van der Waals surface area contributed by atoms with Crippen LogP contribution in [0.15, 0.2) is 57.7 Å². The lowest BCUT2D eigenvalue weighted by molar-refractivity contribution is 0.0708. The van der Waals surface area contributed by atoms with E-state index >= 15 is 0 Å². The molecule has 0 saturated carbocycles. The van der Waals surface area contributed by atoms with Crippen molar-refractivity contribution < 1.29 is 9.21 Å². The minimum Gasteiger partial charge on any atom is -0.450 e. The molecule has 4 rings (SSSR count). The molecule has 0 unspecified atom stereocenters. The Labute approximate surface area is 183 Å². The van der Waals surface area contributed by atoms with Crippen molar-refractivity contribution in [3.8, 4) is 0 Å². The highest BCUT2D eigenvalue weighted by atomic mass is 16.3. The Morgan fingerprint density at radius 1 is 1.00 bits per heavy atom. The van der Waals surface area contributed by atoms with E-state index in [1.54, 1.807) is 17.0 Å². The predicted octanol–water partition coefficient (Wildman–Crippen LogP) is 4.80. The summed E-state index contributed by atoms with van der Waals surface area (Å²) < 4.78 is 6.00. The Kier molecular flexibility index (Phi) is 5.96. The van der Waals surface area contributed by atoms with E-state index in [2.05, 4.69) is 44.7 Å². The number of amides is 1. The standard InChI is InChI=1S/C26H30N2O3/c1-5-27(6-2)15-16-28-23(19-13-11-18(12-14-19)17(3)4)22-24(29)20-9-7-8-10-21(20)31-25(22)26(28)30/h7-14,17,23H,5-6,15-16H2,1-4H3/t23-/m0/s1. The van der Waals surface area contributed by atoms with Crippen molar-refractivity contribution in [2.45, 2.75) is 39.7 Å². The van der Waals surface area contributed by atoms with E-state index in [0.29, 0.717) is 29.0 Å². The molecule has 2 heterocycles. The second-order valence-electron chi connectivity index (χ2n) is 8.42. The van der Waals surface area contributed by atoms with Gasteiger partial charge < -0.3 is 14.2 Å². The fraction of sp³-hybridized carbons (Fsp3) is 0.385. The summed E-state index contributed by atoms with van der Waals surface area (Å²) >= 11 is 0. The van der Waals surface area contributed by atoms with Gasteiger partial charge in [-0.3, -0.25) is 9.59 Å². The highest BCUT2D eigenvalue weighted by Crippen LogP contribution is 2.38. The third kappa shape index (κ3) is 3.79. The fourth-order valence-electron chi connectivity index (χ4n) is 4.40. The number of nitrogens with zero attached hydrogens (tertiary/aromatic N) is 2. The number of benzene rings is 2. The first-order valence-corrected chi connectivity index (χ1v) is 11.1. The smallest absolute Gasteiger partial charge is 0.290 e. The van der Waals surface area contributed by atoms with E-state index in [-0.39, 0.29) is 17.1 Å². The summed E-state index contributed by atoms with van der Waals surface area (Å²) in [5, 5.41) is 0.517. The molecule has 162 valence electrons. The molecule has 5 nitrogen and oxygen atoms in total. The summed E-state index contributed by atoms with van der Waals surface area (Å²) in [5.41, 5.74) is 2.97. The summed E-state index contributed by atoms with van der Waals surface area (Å²) in [7, 11) is 0. The lowest BCUT2D eigenvalue weighted by Crippen LogP contribution is -2.37. The first-order chi connectivity index (χ1) is 15.0. The molecule has 1 atom stereocenters. The summed E-state index contributed by atoms with van der Waals surface area (Å²) in [6.07, 6.45) is 0. The number of hydrogen-bond donors (Lipinski definition) is 0. The Morgan fingerprint density at radius 2 is 1.68 bits per heavy atom. The molecule has 31 heavy (non-hydrogen) atoms. The third-order valence-electron chi connectivity index (χ3n) is 6.34. The number of fused-ring (bicyclic) bond motifs is 2. The van der Waals surface area contributed by atoms with Gasteiger partial charge in [0, 0.05) is 13.1 Å². The van der Waals surface area contributed by atoms with E-state index in [0.717, 1.165) is 25.2 Å². The monoisotopic (exact) mass is 418 g/mol. The van der Waals surface area contributed by atoms with Crippen LogP contribution in [0.25, 0.3) is 11.0 Å². The quantitative estimate of drug-likeness (QED) is 0.553. The average molecular weight is 419 g/mol. The van der Waals surface area contributed by atoms with Crippen molar-refractivity contribution in [3.05, 3.63) is 81.2 Å². The van der Waals surface area contributed by atoms with Gasteiger partial charge >= 0.3 is 0 Å². The van der Waals surface area contributed by atoms with Crippen LogP contribution < -0.4 is 5.43 Å². The molecular weight excluding hydrogens is 388 g/mol. The molecule has 1 aliphatic rings. The second kappa shape index (κ2) is 8.67. The van der Waals surface area contributed by atoms with Crippen LogP contribution in [-0.4, -0.2) is 41.9 Å². The Bertz CT molecular complexity index is 1140. The van der Waals surface area contributed by atoms with Crippen LogP contribution in [0.2, 0.25) is 0 Å². The van der Waals surface area contributed by atoms with Gasteiger partial charge in [0.05, 0.1) is 17.0 Å². The van der Waals surface area contributed by atoms with Crippen LogP contribution in [0, 0.1) is 0 Å². The van der Waals surface area contributed by atoms with Crippen molar-refractivity contribution in [1.29, 1.82) is 0 Å². The maximum atomic E-state index is 13.5. The summed E-state index contributed by atoms with van der Waals surface area (Å²) in [5.74, 6) is 0.392. The predicted molar refractivity (Wildman–Crippen MR) is 124 cm³/mol. The van der Waals surface area contributed by atoms with Crippen LogP contribution in [0.5, 0.6) is 0 Å². The SMILES string of the molecule is CCN(CC)CCN1C(=O)c2oc3ccccc3c(=O)c2[C@@H]1c1ccc(C(C)C)cc1. The maximum absolute atomic E-state index is 13.5. The van der Waals surface area contributed by atoms with E-state index in [4.69, 9.17) is 4.42 Å². The van der Waals surface area contributed by atoms with Gasteiger partial charge in [0.2, 0.25) is 5.76 Å². The van der Waals surface area contributed by atoms with E-state index in [9.17, 15) is 9.59 Å². The number of rotatable bonds is 7. The number of hydrogen-bond acceptors (Lipinski definition) is 4. The average Bonchev–Trinajstić information content (AvgIpc) is 3.06. The van der Waals surface area contributed by atoms with Gasteiger partial charge in [0.15, 0.2) is 5.43 Å². The minimum atomic E-state index is -0.430. The highest BCUT2D eigenvalue weighted by molar-refractivity contribution is 5.99. The zero-order valence-corrected chi connectivity index (χ0v) is 18.7. The molecule has 0 spiro atoms. The lowest BCUT2D eigenvalue weighted by atomic mass is 9.95. The fourth-order valence-corrected chi connectivity index (χ4v) is 4.40. The Morgan fingerprint density at radius 3 is 2.32 bits per heavy atom. The van der Waals surface area contributed by atoms with Gasteiger partial charge in [-0.05, 0) is 42.3 Å². The van der Waals surface area contributed by atoms with Crippen molar-refractivity contribution in [1.82, 2.24) is 9.80 Å². The highest BCUT2D eigenvalue weighted by Gasteiger charge is 2.42. The molecule has 0 bridgehead atoms. The summed E-state index contributed by atoms with van der Waals surface area (Å²) in [6.45, 7) is 11.7. The van der Waals surface area contributed by atoms with Crippen LogP contribution >= 0.6 is 0 Å². The largest absolute Gasteiger partial charge is 0.450 e. The van der Waals surface area contributed by atoms with Crippen LogP contribution in [0.4, 0.5) is 0 Å². The molecule has 0 fully saturated rings. The van der Waals surface area contributed by atoms with Crippen LogP contribution in [-0.2, 0) is 0 Å². The molecule has 2 aromatic carbocycles. The molecule has 1 amide bonds. The minimum absolute atomic E-state index is 0.117. The topological polar surface area (TPSA) is 53.8 Å². The van der Waals surface area contributed by atoms with Gasteiger partial charge in [0.25, 0.3) is 5.91 Å². The van der Waals surface area contributed by atoms with Crippen LogP contribution in [0.1, 0.15) is 66.9 Å². The van der Waals surface area contributed by atoms with Crippen molar-refractivity contribution in [2.75, 3.05) is 26.2 Å². The van der Waals surface area contributed by atoms with E-state index in [1.165, 1.54) is 5.56 Å². The lowest BCUT2D eigenvalue weighted by Gasteiger charge is -2.28. The van der Waals surface area contributed by atoms with Gasteiger partial charge in [-0.2, -0.15) is 0 Å². The molecule has 3 aromatic rings. The molecule has 5 heteroatoms. The van der Waals surface area contributed by atoms with Crippen molar-refractivity contribution in [3.63, 3.8) is 0 Å². The van der Waals surface area contributed by atoms with E-state index < -0.39 is 6.04 Å². The van der Waals surface area contributed by atoms with Crippen molar-refractivity contribution >= 4 is 16.9 Å². The van der Waals surface area contributed by atoms with Gasteiger partial charge in [-0.15, -0.1) is 0 Å². The van der Waals surface area contributed by atoms with Gasteiger partial charge in [-0.1, -0.05) is 64.1 Å². The molecule has 1 aliphatic heterocycles. The number of para-hydroxylation sites is 1. The molecule has 0 N–H and O–H groups in total. The summed E-state index contributed by atoms with van der Waals surface area (Å²) in [6, 6.07) is 15.0. The summed E-state index contributed by atoms with van der Waals surface area (Å²) in [4.78, 5) is 31.0. The zero-order valence-electron chi connectivity index (χ0n) is 18.7. The zero-order chi connectivity index (χ0) is 22.1. The number of carbonyl (C=O) groups excluding carboxylic acids is 1. The first-order valence-electron chi connectivity index (χ1n) is 11.1. The number of likely N-dealkylation sites (N-methyl/N-ethyl adjacent to an activating group) is 1. The van der Waals surface area contributed by atoms with Gasteiger partial charge in [-0.25, -0.2) is 0 Å². The Hall–Kier alpha value is -2.92. The van der Waals surface area contributed by atoms with Crippen LogP contribution in [0.3, 0.4) is 0 Å². The third-order valence-corrected chi connectivity index (χ3v) is 6.34. The second-order valence-corrected chi connectivity index (χ2v) is 8.42.